The highest BCUT2D eigenvalue weighted by Crippen LogP contribution is 2.23. The van der Waals surface area contributed by atoms with Crippen molar-refractivity contribution in [2.75, 3.05) is 44.7 Å². The number of anilines is 1. The van der Waals surface area contributed by atoms with Crippen LogP contribution >= 0.6 is 0 Å². The minimum Gasteiger partial charge on any atom is -0.368 e. The lowest BCUT2D eigenvalue weighted by molar-refractivity contribution is 0.372. The predicted octanol–water partition coefficient (Wildman–Crippen LogP) is 3.49. The van der Waals surface area contributed by atoms with Crippen molar-refractivity contribution < 1.29 is 0 Å². The Morgan fingerprint density at radius 1 is 1.00 bits per heavy atom. The molecule has 0 saturated carbocycles. The van der Waals surface area contributed by atoms with Crippen molar-refractivity contribution >= 4 is 11.6 Å². The van der Waals surface area contributed by atoms with Crippen LogP contribution in [0.4, 0.5) is 5.69 Å². The zero-order valence-electron chi connectivity index (χ0n) is 19.5. The van der Waals surface area contributed by atoms with Crippen molar-refractivity contribution in [3.05, 3.63) is 83.4 Å². The maximum atomic E-state index is 4.57. The molecular weight excluding hydrogens is 396 g/mol. The number of nitrogens with zero attached hydrogens (tertiary/aromatic N) is 5. The van der Waals surface area contributed by atoms with Crippen LogP contribution in [0.3, 0.4) is 0 Å². The third kappa shape index (κ3) is 5.13. The third-order valence-electron chi connectivity index (χ3n) is 6.34. The number of aryl methyl sites for hydroxylation is 1. The van der Waals surface area contributed by atoms with Gasteiger partial charge in [0.05, 0.1) is 0 Å². The van der Waals surface area contributed by atoms with Crippen LogP contribution in [-0.4, -0.2) is 60.2 Å². The summed E-state index contributed by atoms with van der Waals surface area (Å²) in [6.07, 6.45) is 4.81. The van der Waals surface area contributed by atoms with Crippen molar-refractivity contribution in [1.82, 2.24) is 19.8 Å². The molecule has 2 heterocycles. The summed E-state index contributed by atoms with van der Waals surface area (Å²) < 4.78 is 2.22. The average Bonchev–Trinajstić information content (AvgIpc) is 3.26. The zero-order valence-corrected chi connectivity index (χ0v) is 19.5. The summed E-state index contributed by atoms with van der Waals surface area (Å²) in [4.78, 5) is 14.0. The summed E-state index contributed by atoms with van der Waals surface area (Å²) in [7, 11) is 1.87. The number of aliphatic imine (C=N–C) groups is 1. The smallest absolute Gasteiger partial charge is 0.193 e. The molecule has 1 fully saturated rings. The van der Waals surface area contributed by atoms with Crippen LogP contribution in [-0.2, 0) is 13.0 Å². The molecule has 0 amide bonds. The molecule has 1 N–H and O–H groups in total. The number of benzene rings is 2. The molecule has 0 bridgehead atoms. The number of rotatable bonds is 6. The molecule has 0 aliphatic carbocycles. The van der Waals surface area contributed by atoms with E-state index >= 15 is 0 Å². The van der Waals surface area contributed by atoms with E-state index in [1.54, 1.807) is 0 Å². The van der Waals surface area contributed by atoms with Crippen molar-refractivity contribution in [3.63, 3.8) is 0 Å². The Hall–Kier alpha value is -3.28. The van der Waals surface area contributed by atoms with Gasteiger partial charge in [0.15, 0.2) is 5.96 Å². The first kappa shape index (κ1) is 21.9. The fraction of sp³-hybridized carbons (Fsp3) is 0.385. The second-order valence-corrected chi connectivity index (χ2v) is 8.37. The first-order chi connectivity index (χ1) is 15.7. The zero-order chi connectivity index (χ0) is 22.3. The van der Waals surface area contributed by atoms with Crippen LogP contribution < -0.4 is 10.2 Å². The lowest BCUT2D eigenvalue weighted by atomic mass is 10.1. The number of guanidine groups is 1. The van der Waals surface area contributed by atoms with Gasteiger partial charge in [-0.05, 0) is 36.6 Å². The van der Waals surface area contributed by atoms with Crippen molar-refractivity contribution in [1.29, 1.82) is 0 Å². The Morgan fingerprint density at radius 2 is 1.78 bits per heavy atom. The predicted molar refractivity (Wildman–Crippen MR) is 133 cm³/mol. The van der Waals surface area contributed by atoms with E-state index in [0.717, 1.165) is 57.5 Å². The topological polar surface area (TPSA) is 48.7 Å². The molecule has 0 atom stereocenters. The van der Waals surface area contributed by atoms with Crippen LogP contribution in [0, 0.1) is 13.8 Å². The lowest BCUT2D eigenvalue weighted by Crippen LogP contribution is -2.53. The maximum absolute atomic E-state index is 4.57. The highest BCUT2D eigenvalue weighted by atomic mass is 15.3. The second kappa shape index (κ2) is 10.4. The number of imidazole rings is 1. The molecule has 0 radical (unpaired) electrons. The number of hydrogen-bond acceptors (Lipinski definition) is 3. The van der Waals surface area contributed by atoms with E-state index in [9.17, 15) is 0 Å². The molecule has 168 valence electrons. The lowest BCUT2D eigenvalue weighted by Gasteiger charge is -2.38. The van der Waals surface area contributed by atoms with Crippen LogP contribution in [0.15, 0.2) is 65.9 Å². The highest BCUT2D eigenvalue weighted by Gasteiger charge is 2.21. The van der Waals surface area contributed by atoms with E-state index in [-0.39, 0.29) is 0 Å². The Kier molecular flexibility index (Phi) is 7.10. The fourth-order valence-corrected chi connectivity index (χ4v) is 4.35. The molecule has 2 aromatic carbocycles. The average molecular weight is 431 g/mol. The molecule has 1 aliphatic rings. The van der Waals surface area contributed by atoms with Gasteiger partial charge < -0.3 is 19.7 Å². The van der Waals surface area contributed by atoms with Gasteiger partial charge in [-0.25, -0.2) is 4.98 Å². The quantitative estimate of drug-likeness (QED) is 0.480. The van der Waals surface area contributed by atoms with Gasteiger partial charge in [0, 0.05) is 70.8 Å². The third-order valence-corrected chi connectivity index (χ3v) is 6.34. The Balaban J connectivity index is 1.28. The molecule has 6 nitrogen and oxygen atoms in total. The first-order valence-corrected chi connectivity index (χ1v) is 11.5. The highest BCUT2D eigenvalue weighted by molar-refractivity contribution is 5.80. The Morgan fingerprint density at radius 3 is 2.53 bits per heavy atom. The minimum atomic E-state index is 0.815. The Labute approximate surface area is 191 Å². The first-order valence-electron chi connectivity index (χ1n) is 11.5. The summed E-state index contributed by atoms with van der Waals surface area (Å²) >= 11 is 0. The molecule has 1 saturated heterocycles. The molecule has 32 heavy (non-hydrogen) atoms. The van der Waals surface area contributed by atoms with Crippen LogP contribution in [0.5, 0.6) is 0 Å². The standard InChI is InChI=1S/C26H34N6/c1-21-8-7-11-24(22(21)2)30-16-18-31(19-17-30)26(27-3)29-13-12-25-28-14-15-32(25)20-23-9-5-4-6-10-23/h4-11,14-15H,12-13,16-20H2,1-3H3,(H,27,29). The summed E-state index contributed by atoms with van der Waals surface area (Å²) in [6, 6.07) is 17.1. The van der Waals surface area contributed by atoms with E-state index in [2.05, 4.69) is 98.2 Å². The fourth-order valence-electron chi connectivity index (χ4n) is 4.35. The number of hydrogen-bond donors (Lipinski definition) is 1. The van der Waals surface area contributed by atoms with Gasteiger partial charge in [-0.15, -0.1) is 0 Å². The van der Waals surface area contributed by atoms with Crippen LogP contribution in [0.2, 0.25) is 0 Å². The van der Waals surface area contributed by atoms with E-state index in [0.29, 0.717) is 0 Å². The van der Waals surface area contributed by atoms with E-state index < -0.39 is 0 Å². The number of nitrogens with one attached hydrogen (secondary N) is 1. The SMILES string of the molecule is CN=C(NCCc1nccn1Cc1ccccc1)N1CCN(c2cccc(C)c2C)CC1. The summed E-state index contributed by atoms with van der Waals surface area (Å²) in [6.45, 7) is 10.0. The van der Waals surface area contributed by atoms with Crippen LogP contribution in [0.1, 0.15) is 22.5 Å². The summed E-state index contributed by atoms with van der Waals surface area (Å²) in [5, 5.41) is 3.55. The molecular formula is C26H34N6. The van der Waals surface area contributed by atoms with E-state index in [1.807, 2.05) is 13.2 Å². The molecule has 1 aromatic heterocycles. The van der Waals surface area contributed by atoms with Crippen molar-refractivity contribution in [3.8, 4) is 0 Å². The molecule has 1 aliphatic heterocycles. The molecule has 6 heteroatoms. The maximum Gasteiger partial charge on any atom is 0.193 e. The second-order valence-electron chi connectivity index (χ2n) is 8.37. The van der Waals surface area contributed by atoms with Gasteiger partial charge in [-0.1, -0.05) is 42.5 Å². The largest absolute Gasteiger partial charge is 0.368 e. The van der Waals surface area contributed by atoms with Gasteiger partial charge >= 0.3 is 0 Å². The van der Waals surface area contributed by atoms with E-state index in [1.165, 1.54) is 22.4 Å². The summed E-state index contributed by atoms with van der Waals surface area (Å²) in [5.74, 6) is 2.07. The van der Waals surface area contributed by atoms with Crippen LogP contribution in [0.25, 0.3) is 0 Å². The van der Waals surface area contributed by atoms with E-state index in [4.69, 9.17) is 0 Å². The monoisotopic (exact) mass is 430 g/mol. The minimum absolute atomic E-state index is 0.815. The normalized spacial score (nSPS) is 14.7. The van der Waals surface area contributed by atoms with Crippen molar-refractivity contribution in [2.45, 2.75) is 26.8 Å². The van der Waals surface area contributed by atoms with Gasteiger partial charge in [-0.3, -0.25) is 4.99 Å². The van der Waals surface area contributed by atoms with Crippen molar-refractivity contribution in [2.24, 2.45) is 4.99 Å². The van der Waals surface area contributed by atoms with Gasteiger partial charge in [-0.2, -0.15) is 0 Å². The molecule has 3 aromatic rings. The summed E-state index contributed by atoms with van der Waals surface area (Å²) in [5.41, 5.74) is 5.39. The Bertz CT molecular complexity index is 1030. The van der Waals surface area contributed by atoms with Gasteiger partial charge in [0.25, 0.3) is 0 Å². The number of aromatic nitrogens is 2. The molecule has 0 spiro atoms. The molecule has 0 unspecified atom stereocenters. The van der Waals surface area contributed by atoms with Gasteiger partial charge in [0.2, 0.25) is 0 Å². The molecule has 4 rings (SSSR count). The number of piperazine rings is 1. The van der Waals surface area contributed by atoms with Gasteiger partial charge in [0.1, 0.15) is 5.82 Å².